The van der Waals surface area contributed by atoms with E-state index in [1.807, 2.05) is 0 Å². The highest BCUT2D eigenvalue weighted by molar-refractivity contribution is 9.10. The molecule has 1 heterocycles. The molecular weight excluding hydrogens is 300 g/mol. The fraction of sp³-hybridized carbons (Fsp3) is 0.143. The van der Waals surface area contributed by atoms with Crippen LogP contribution in [-0.2, 0) is 0 Å². The molecular formula is C7HBrClF3N2O. The topological polar surface area (TPSA) is 45.9 Å². The fourth-order valence-corrected chi connectivity index (χ4v) is 1.55. The quantitative estimate of drug-likeness (QED) is 0.748. The van der Waals surface area contributed by atoms with Gasteiger partial charge in [-0.3, -0.25) is 0 Å². The minimum absolute atomic E-state index is 0.0498. The molecule has 0 aliphatic heterocycles. The summed E-state index contributed by atoms with van der Waals surface area (Å²) in [5, 5.41) is 8.39. The van der Waals surface area contributed by atoms with Crippen LogP contribution in [0.15, 0.2) is 10.7 Å². The Kier molecular flexibility index (Phi) is 3.42. The molecule has 0 N–H and O–H groups in total. The van der Waals surface area contributed by atoms with E-state index in [4.69, 9.17) is 16.9 Å². The third kappa shape index (κ3) is 3.25. The van der Waals surface area contributed by atoms with Gasteiger partial charge in [-0.25, -0.2) is 4.98 Å². The van der Waals surface area contributed by atoms with Crippen LogP contribution in [0.4, 0.5) is 13.2 Å². The zero-order valence-corrected chi connectivity index (χ0v) is 9.11. The van der Waals surface area contributed by atoms with Crippen LogP contribution in [0.3, 0.4) is 0 Å². The summed E-state index contributed by atoms with van der Waals surface area (Å²) in [6.45, 7) is 0. The second kappa shape index (κ2) is 4.24. The Morgan fingerprint density at radius 1 is 1.53 bits per heavy atom. The summed E-state index contributed by atoms with van der Waals surface area (Å²) in [6, 6.07) is 2.49. The number of hydrogen-bond donors (Lipinski definition) is 0. The molecule has 0 bridgehead atoms. The van der Waals surface area contributed by atoms with Gasteiger partial charge < -0.3 is 4.74 Å². The third-order valence-electron chi connectivity index (χ3n) is 1.24. The van der Waals surface area contributed by atoms with Gasteiger partial charge in [0, 0.05) is 6.07 Å². The maximum Gasteiger partial charge on any atom is 0.574 e. The number of nitrogens with zero attached hydrogens (tertiary/aromatic N) is 2. The molecule has 0 saturated heterocycles. The van der Waals surface area contributed by atoms with Crippen molar-refractivity contribution in [2.45, 2.75) is 6.36 Å². The second-order valence-electron chi connectivity index (χ2n) is 2.27. The monoisotopic (exact) mass is 300 g/mol. The van der Waals surface area contributed by atoms with E-state index in [2.05, 4.69) is 25.7 Å². The summed E-state index contributed by atoms with van der Waals surface area (Å²) in [5.74, 6) is -0.724. The Bertz CT molecular complexity index is 406. The molecule has 8 heteroatoms. The molecule has 1 aromatic rings. The van der Waals surface area contributed by atoms with Crippen LogP contribution in [0.5, 0.6) is 5.88 Å². The molecule has 0 fully saturated rings. The van der Waals surface area contributed by atoms with Crippen molar-refractivity contribution in [3.8, 4) is 11.9 Å². The lowest BCUT2D eigenvalue weighted by Gasteiger charge is -2.08. The maximum atomic E-state index is 11.8. The van der Waals surface area contributed by atoms with Crippen molar-refractivity contribution in [3.05, 3.63) is 21.3 Å². The molecule has 0 atom stereocenters. The fourth-order valence-electron chi connectivity index (χ4n) is 0.734. The van der Waals surface area contributed by atoms with Crippen LogP contribution in [0.2, 0.25) is 5.02 Å². The number of halogens is 5. The Hall–Kier alpha value is -1.00. The van der Waals surface area contributed by atoms with Crippen molar-refractivity contribution < 1.29 is 17.9 Å². The molecule has 0 spiro atoms. The summed E-state index contributed by atoms with van der Waals surface area (Å²) in [4.78, 5) is 3.36. The Labute approximate surface area is 95.6 Å². The van der Waals surface area contributed by atoms with E-state index in [1.54, 1.807) is 6.07 Å². The summed E-state index contributed by atoms with van der Waals surface area (Å²) < 4.78 is 38.8. The predicted molar refractivity (Wildman–Crippen MR) is 48.3 cm³/mol. The molecule has 0 amide bonds. The van der Waals surface area contributed by atoms with E-state index in [0.717, 1.165) is 6.07 Å². The molecule has 0 unspecified atom stereocenters. The Morgan fingerprint density at radius 2 is 2.13 bits per heavy atom. The van der Waals surface area contributed by atoms with E-state index < -0.39 is 12.2 Å². The van der Waals surface area contributed by atoms with Gasteiger partial charge in [-0.15, -0.1) is 13.2 Å². The zero-order chi connectivity index (χ0) is 11.6. The molecule has 0 aliphatic rings. The van der Waals surface area contributed by atoms with Gasteiger partial charge in [0.1, 0.15) is 16.2 Å². The zero-order valence-electron chi connectivity index (χ0n) is 6.77. The van der Waals surface area contributed by atoms with Crippen LogP contribution in [-0.4, -0.2) is 11.3 Å². The van der Waals surface area contributed by atoms with Gasteiger partial charge >= 0.3 is 6.36 Å². The first-order chi connectivity index (χ1) is 6.83. The van der Waals surface area contributed by atoms with Crippen LogP contribution in [0.1, 0.15) is 5.56 Å². The predicted octanol–water partition coefficient (Wildman–Crippen LogP) is 3.27. The van der Waals surface area contributed by atoms with Gasteiger partial charge in [0.15, 0.2) is 0 Å². The van der Waals surface area contributed by atoms with E-state index in [9.17, 15) is 13.2 Å². The van der Waals surface area contributed by atoms with Crippen LogP contribution >= 0.6 is 27.5 Å². The highest BCUT2D eigenvalue weighted by Gasteiger charge is 2.32. The number of ether oxygens (including phenoxy) is 1. The third-order valence-corrected chi connectivity index (χ3v) is 2.11. The molecule has 0 aromatic carbocycles. The highest BCUT2D eigenvalue weighted by Crippen LogP contribution is 2.29. The van der Waals surface area contributed by atoms with Gasteiger partial charge in [0.25, 0.3) is 0 Å². The van der Waals surface area contributed by atoms with Crippen molar-refractivity contribution >= 4 is 27.5 Å². The van der Waals surface area contributed by atoms with Crippen LogP contribution in [0.25, 0.3) is 0 Å². The smallest absolute Gasteiger partial charge is 0.388 e. The van der Waals surface area contributed by atoms with Gasteiger partial charge in [0.2, 0.25) is 5.88 Å². The average Bonchev–Trinajstić information content (AvgIpc) is 1.99. The molecule has 15 heavy (non-hydrogen) atoms. The van der Waals surface area contributed by atoms with Gasteiger partial charge in [-0.2, -0.15) is 5.26 Å². The van der Waals surface area contributed by atoms with E-state index in [-0.39, 0.29) is 15.2 Å². The Balaban J connectivity index is 3.11. The first kappa shape index (κ1) is 12.1. The molecule has 0 aliphatic carbocycles. The van der Waals surface area contributed by atoms with Crippen molar-refractivity contribution in [1.29, 1.82) is 5.26 Å². The van der Waals surface area contributed by atoms with Crippen molar-refractivity contribution in [1.82, 2.24) is 4.98 Å². The average molecular weight is 301 g/mol. The van der Waals surface area contributed by atoms with Crippen LogP contribution < -0.4 is 4.74 Å². The number of rotatable bonds is 1. The molecule has 1 rings (SSSR count). The summed E-state index contributed by atoms with van der Waals surface area (Å²) in [7, 11) is 0. The normalized spacial score (nSPS) is 10.9. The van der Waals surface area contributed by atoms with Crippen molar-refractivity contribution in [3.63, 3.8) is 0 Å². The van der Waals surface area contributed by atoms with E-state index in [0.29, 0.717) is 0 Å². The lowest BCUT2D eigenvalue weighted by atomic mass is 10.3. The standard InChI is InChI=1S/C7HBrClF3N2O/c8-6-3(2-13)4(9)1-5(14-6)15-7(10,11)12/h1H. The van der Waals surface area contributed by atoms with Gasteiger partial charge in [-0.05, 0) is 15.9 Å². The molecule has 3 nitrogen and oxygen atoms in total. The minimum Gasteiger partial charge on any atom is -0.388 e. The summed E-state index contributed by atoms with van der Waals surface area (Å²) in [6.07, 6.45) is -4.84. The number of hydrogen-bond acceptors (Lipinski definition) is 3. The molecule has 0 radical (unpaired) electrons. The van der Waals surface area contributed by atoms with Crippen molar-refractivity contribution in [2.24, 2.45) is 0 Å². The molecule has 1 aromatic heterocycles. The van der Waals surface area contributed by atoms with Crippen LogP contribution in [0, 0.1) is 11.3 Å². The van der Waals surface area contributed by atoms with E-state index >= 15 is 0 Å². The minimum atomic E-state index is -4.84. The van der Waals surface area contributed by atoms with Gasteiger partial charge in [-0.1, -0.05) is 11.6 Å². The van der Waals surface area contributed by atoms with Crippen molar-refractivity contribution in [2.75, 3.05) is 0 Å². The number of pyridine rings is 1. The summed E-state index contributed by atoms with van der Waals surface area (Å²) >= 11 is 8.32. The Morgan fingerprint density at radius 3 is 2.53 bits per heavy atom. The van der Waals surface area contributed by atoms with E-state index in [1.165, 1.54) is 0 Å². The maximum absolute atomic E-state index is 11.8. The highest BCUT2D eigenvalue weighted by atomic mass is 79.9. The first-order valence-electron chi connectivity index (χ1n) is 3.35. The number of nitriles is 1. The molecule has 80 valence electrons. The largest absolute Gasteiger partial charge is 0.574 e. The SMILES string of the molecule is N#Cc1c(Cl)cc(OC(F)(F)F)nc1Br. The first-order valence-corrected chi connectivity index (χ1v) is 4.52. The lowest BCUT2D eigenvalue weighted by molar-refractivity contribution is -0.276. The second-order valence-corrected chi connectivity index (χ2v) is 3.43. The summed E-state index contributed by atoms with van der Waals surface area (Å²) in [5.41, 5.74) is -0.0498. The number of alkyl halides is 3. The van der Waals surface area contributed by atoms with Gasteiger partial charge in [0.05, 0.1) is 5.02 Å². The lowest BCUT2D eigenvalue weighted by Crippen LogP contribution is -2.18. The number of aromatic nitrogens is 1. The molecule has 0 saturated carbocycles.